The second kappa shape index (κ2) is 3.42. The summed E-state index contributed by atoms with van der Waals surface area (Å²) >= 11 is 0. The average Bonchev–Trinajstić information content (AvgIpc) is 2.69. The number of rotatable bonds is 2. The summed E-state index contributed by atoms with van der Waals surface area (Å²) in [6.45, 7) is 3.97. The number of aromatic nitrogens is 3. The molecule has 2 N–H and O–H groups in total. The normalized spacial score (nSPS) is 10.9. The Hall–Kier alpha value is -1.78. The second-order valence-electron chi connectivity index (χ2n) is 3.53. The van der Waals surface area contributed by atoms with E-state index in [-0.39, 0.29) is 0 Å². The fourth-order valence-corrected chi connectivity index (χ4v) is 1.71. The van der Waals surface area contributed by atoms with Crippen LogP contribution in [0.1, 0.15) is 18.2 Å². The first-order valence-electron chi connectivity index (χ1n) is 4.88. The lowest BCUT2D eigenvalue weighted by Gasteiger charge is -1.95. The molecule has 0 radical (unpaired) electrons. The van der Waals surface area contributed by atoms with Gasteiger partial charge in [-0.1, -0.05) is 12.1 Å². The molecule has 0 fully saturated rings. The summed E-state index contributed by atoms with van der Waals surface area (Å²) < 4.78 is 6.75. The van der Waals surface area contributed by atoms with Crippen molar-refractivity contribution in [2.24, 2.45) is 7.05 Å². The lowest BCUT2D eigenvalue weighted by molar-refractivity contribution is 0.438. The topological polar surface area (TPSA) is 69.9 Å². The summed E-state index contributed by atoms with van der Waals surface area (Å²) in [5.74, 6) is 0.399. The summed E-state index contributed by atoms with van der Waals surface area (Å²) in [6.07, 6.45) is 2.73. The van der Waals surface area contributed by atoms with E-state index in [2.05, 4.69) is 10.3 Å². The van der Waals surface area contributed by atoms with Gasteiger partial charge in [-0.2, -0.15) is 5.10 Å². The van der Waals surface area contributed by atoms with Gasteiger partial charge in [0.15, 0.2) is 0 Å². The summed E-state index contributed by atoms with van der Waals surface area (Å²) in [6, 6.07) is 0. The van der Waals surface area contributed by atoms with E-state index >= 15 is 0 Å². The lowest BCUT2D eigenvalue weighted by Crippen LogP contribution is -1.90. The molecule has 0 aromatic carbocycles. The van der Waals surface area contributed by atoms with Crippen molar-refractivity contribution >= 4 is 5.88 Å². The van der Waals surface area contributed by atoms with Gasteiger partial charge in [0.1, 0.15) is 5.69 Å². The number of hydrogen-bond acceptors (Lipinski definition) is 4. The molecule has 2 rings (SSSR count). The molecule has 0 atom stereocenters. The highest BCUT2D eigenvalue weighted by Crippen LogP contribution is 2.28. The molecular formula is C10H14N4O. The van der Waals surface area contributed by atoms with Crippen LogP contribution in [-0.4, -0.2) is 14.9 Å². The predicted molar refractivity (Wildman–Crippen MR) is 57.2 cm³/mol. The summed E-state index contributed by atoms with van der Waals surface area (Å²) in [4.78, 5) is 0. The Balaban J connectivity index is 2.58. The van der Waals surface area contributed by atoms with E-state index in [1.54, 1.807) is 4.68 Å². The minimum Gasteiger partial charge on any atom is -0.367 e. The van der Waals surface area contributed by atoms with Gasteiger partial charge < -0.3 is 10.3 Å². The minimum atomic E-state index is 0.399. The van der Waals surface area contributed by atoms with Gasteiger partial charge in [-0.15, -0.1) is 0 Å². The second-order valence-corrected chi connectivity index (χ2v) is 3.53. The lowest BCUT2D eigenvalue weighted by atomic mass is 10.1. The number of nitrogens with zero attached hydrogens (tertiary/aromatic N) is 3. The van der Waals surface area contributed by atoms with Crippen LogP contribution in [0.15, 0.2) is 10.7 Å². The molecule has 0 saturated carbocycles. The molecule has 0 aliphatic heterocycles. The maximum absolute atomic E-state index is 5.69. The van der Waals surface area contributed by atoms with Crippen LogP contribution in [0, 0.1) is 6.92 Å². The molecule has 5 heteroatoms. The molecular weight excluding hydrogens is 192 g/mol. The SMILES string of the molecule is CCc1c(-c2cn(C)nc2C)noc1N. The van der Waals surface area contributed by atoms with Gasteiger partial charge in [0, 0.05) is 24.4 Å². The number of nitrogens with two attached hydrogens (primary N) is 1. The van der Waals surface area contributed by atoms with Crippen molar-refractivity contribution in [2.45, 2.75) is 20.3 Å². The molecule has 5 nitrogen and oxygen atoms in total. The van der Waals surface area contributed by atoms with Crippen molar-refractivity contribution in [1.29, 1.82) is 0 Å². The van der Waals surface area contributed by atoms with Crippen LogP contribution in [0.5, 0.6) is 0 Å². The van der Waals surface area contributed by atoms with E-state index < -0.39 is 0 Å². The quantitative estimate of drug-likeness (QED) is 0.808. The van der Waals surface area contributed by atoms with Gasteiger partial charge in [0.05, 0.1) is 5.69 Å². The number of aryl methyl sites for hydroxylation is 2. The van der Waals surface area contributed by atoms with E-state index in [9.17, 15) is 0 Å². The van der Waals surface area contributed by atoms with E-state index in [0.717, 1.165) is 28.9 Å². The van der Waals surface area contributed by atoms with Gasteiger partial charge in [-0.3, -0.25) is 4.68 Å². The smallest absolute Gasteiger partial charge is 0.225 e. The maximum atomic E-state index is 5.69. The third-order valence-corrected chi connectivity index (χ3v) is 2.44. The summed E-state index contributed by atoms with van der Waals surface area (Å²) in [7, 11) is 1.88. The van der Waals surface area contributed by atoms with Gasteiger partial charge in [0.2, 0.25) is 5.88 Å². The highest BCUT2D eigenvalue weighted by molar-refractivity contribution is 5.68. The first-order valence-corrected chi connectivity index (χ1v) is 4.88. The zero-order chi connectivity index (χ0) is 11.0. The number of anilines is 1. The van der Waals surface area contributed by atoms with Gasteiger partial charge in [0.25, 0.3) is 0 Å². The molecule has 0 spiro atoms. The fraction of sp³-hybridized carbons (Fsp3) is 0.400. The zero-order valence-corrected chi connectivity index (χ0v) is 9.11. The van der Waals surface area contributed by atoms with Crippen molar-refractivity contribution in [3.8, 4) is 11.3 Å². The van der Waals surface area contributed by atoms with E-state index in [1.165, 1.54) is 0 Å². The highest BCUT2D eigenvalue weighted by atomic mass is 16.5. The Morgan fingerprint density at radius 2 is 2.27 bits per heavy atom. The van der Waals surface area contributed by atoms with Crippen molar-refractivity contribution in [2.75, 3.05) is 5.73 Å². The third-order valence-electron chi connectivity index (χ3n) is 2.44. The van der Waals surface area contributed by atoms with Crippen LogP contribution in [0.3, 0.4) is 0 Å². The van der Waals surface area contributed by atoms with Crippen molar-refractivity contribution in [3.63, 3.8) is 0 Å². The molecule has 0 aliphatic carbocycles. The van der Waals surface area contributed by atoms with Gasteiger partial charge >= 0.3 is 0 Å². The summed E-state index contributed by atoms with van der Waals surface area (Å²) in [5.41, 5.74) is 9.36. The Morgan fingerprint density at radius 3 is 2.80 bits per heavy atom. The minimum absolute atomic E-state index is 0.399. The van der Waals surface area contributed by atoms with Gasteiger partial charge in [-0.05, 0) is 13.3 Å². The molecule has 2 heterocycles. The van der Waals surface area contributed by atoms with Crippen LogP contribution in [0.4, 0.5) is 5.88 Å². The number of nitrogen functional groups attached to an aromatic ring is 1. The molecule has 0 unspecified atom stereocenters. The van der Waals surface area contributed by atoms with E-state index in [0.29, 0.717) is 5.88 Å². The van der Waals surface area contributed by atoms with Gasteiger partial charge in [-0.25, -0.2) is 0 Å². The number of hydrogen-bond donors (Lipinski definition) is 1. The fourth-order valence-electron chi connectivity index (χ4n) is 1.71. The first kappa shape index (κ1) is 9.76. The molecule has 80 valence electrons. The Bertz CT molecular complexity index is 484. The maximum Gasteiger partial charge on any atom is 0.225 e. The molecule has 2 aromatic rings. The van der Waals surface area contributed by atoms with E-state index in [4.69, 9.17) is 10.3 Å². The monoisotopic (exact) mass is 206 g/mol. The molecule has 0 amide bonds. The van der Waals surface area contributed by atoms with Crippen molar-refractivity contribution in [3.05, 3.63) is 17.5 Å². The average molecular weight is 206 g/mol. The molecule has 2 aromatic heterocycles. The van der Waals surface area contributed by atoms with Crippen LogP contribution < -0.4 is 5.73 Å². The third kappa shape index (κ3) is 1.49. The van der Waals surface area contributed by atoms with Crippen LogP contribution in [-0.2, 0) is 13.5 Å². The Labute approximate surface area is 87.9 Å². The Morgan fingerprint density at radius 1 is 1.53 bits per heavy atom. The van der Waals surface area contributed by atoms with Crippen LogP contribution in [0.2, 0.25) is 0 Å². The van der Waals surface area contributed by atoms with E-state index in [1.807, 2.05) is 27.1 Å². The van der Waals surface area contributed by atoms with Crippen molar-refractivity contribution < 1.29 is 4.52 Å². The van der Waals surface area contributed by atoms with Crippen LogP contribution in [0.25, 0.3) is 11.3 Å². The van der Waals surface area contributed by atoms with Crippen molar-refractivity contribution in [1.82, 2.24) is 14.9 Å². The standard InChI is InChI=1S/C10H14N4O/c1-4-7-9(13-15-10(7)11)8-5-14(3)12-6(8)2/h5H,4,11H2,1-3H3. The van der Waals surface area contributed by atoms with Crippen LogP contribution >= 0.6 is 0 Å². The highest BCUT2D eigenvalue weighted by Gasteiger charge is 2.17. The predicted octanol–water partition coefficient (Wildman–Crippen LogP) is 1.53. The first-order chi connectivity index (χ1) is 7.13. The molecule has 0 saturated heterocycles. The largest absolute Gasteiger partial charge is 0.367 e. The molecule has 0 aliphatic rings. The Kier molecular flexibility index (Phi) is 2.22. The molecule has 0 bridgehead atoms. The summed E-state index contributed by atoms with van der Waals surface area (Å²) in [5, 5.41) is 8.24. The zero-order valence-electron chi connectivity index (χ0n) is 9.11. The molecule has 15 heavy (non-hydrogen) atoms.